The molecule has 0 spiro atoms. The van der Waals surface area contributed by atoms with Crippen molar-refractivity contribution in [2.24, 2.45) is 0 Å². The molecule has 2 rings (SSSR count). The summed E-state index contributed by atoms with van der Waals surface area (Å²) in [6.45, 7) is 0. The minimum absolute atomic E-state index is 0.383. The number of halogens is 1. The van der Waals surface area contributed by atoms with Crippen LogP contribution in [0.5, 0.6) is 0 Å². The van der Waals surface area contributed by atoms with Crippen molar-refractivity contribution in [2.75, 3.05) is 0 Å². The summed E-state index contributed by atoms with van der Waals surface area (Å²) in [5.41, 5.74) is 1.81. The number of rotatable bonds is 2. The molecule has 4 heteroatoms. The van der Waals surface area contributed by atoms with Gasteiger partial charge in [0.1, 0.15) is 6.07 Å². The lowest BCUT2D eigenvalue weighted by Crippen LogP contribution is -1.87. The standard InChI is InChI=1S/C13H8ClN3/c14-13(11-4-2-6-17-9-11)12(7-15)10-3-1-5-16-8-10/h1-6,8-9H/b13-12-. The monoisotopic (exact) mass is 241 g/mol. The molecule has 0 aliphatic carbocycles. The maximum absolute atomic E-state index is 9.17. The zero-order valence-corrected chi connectivity index (χ0v) is 9.59. The third kappa shape index (κ3) is 2.49. The maximum atomic E-state index is 9.17. The van der Waals surface area contributed by atoms with Gasteiger partial charge in [-0.15, -0.1) is 0 Å². The van der Waals surface area contributed by atoms with E-state index >= 15 is 0 Å². The molecule has 0 unspecified atom stereocenters. The van der Waals surface area contributed by atoms with Crippen LogP contribution < -0.4 is 0 Å². The van der Waals surface area contributed by atoms with Crippen LogP contribution >= 0.6 is 11.6 Å². The SMILES string of the molecule is N#C/C(=C(/Cl)c1cccnc1)c1cccnc1. The number of pyridine rings is 2. The van der Waals surface area contributed by atoms with Gasteiger partial charge in [0, 0.05) is 35.9 Å². The Balaban J connectivity index is 2.53. The summed E-state index contributed by atoms with van der Waals surface area (Å²) in [5.74, 6) is 0. The van der Waals surface area contributed by atoms with Gasteiger partial charge in [-0.25, -0.2) is 0 Å². The quantitative estimate of drug-likeness (QED) is 0.759. The molecule has 0 atom stereocenters. The Bertz CT molecular complexity index is 571. The predicted molar refractivity (Wildman–Crippen MR) is 66.8 cm³/mol. The molecule has 2 heterocycles. The highest BCUT2D eigenvalue weighted by Crippen LogP contribution is 2.28. The number of nitrogens with zero attached hydrogens (tertiary/aromatic N) is 3. The van der Waals surface area contributed by atoms with Gasteiger partial charge in [-0.2, -0.15) is 5.26 Å². The predicted octanol–water partition coefficient (Wildman–Crippen LogP) is 3.11. The Morgan fingerprint density at radius 2 is 1.65 bits per heavy atom. The van der Waals surface area contributed by atoms with E-state index in [1.54, 1.807) is 43.0 Å². The fourth-order valence-corrected chi connectivity index (χ4v) is 1.65. The lowest BCUT2D eigenvalue weighted by Gasteiger charge is -2.03. The largest absolute Gasteiger partial charge is 0.264 e. The third-order valence-corrected chi connectivity index (χ3v) is 2.60. The van der Waals surface area contributed by atoms with Crippen LogP contribution in [0.4, 0.5) is 0 Å². The second-order valence-electron chi connectivity index (χ2n) is 3.28. The van der Waals surface area contributed by atoms with Crippen LogP contribution in [0.15, 0.2) is 49.1 Å². The fourth-order valence-electron chi connectivity index (χ4n) is 1.39. The first-order chi connectivity index (χ1) is 8.33. The molecule has 0 aromatic carbocycles. The first kappa shape index (κ1) is 11.3. The molecule has 0 fully saturated rings. The summed E-state index contributed by atoms with van der Waals surface area (Å²) < 4.78 is 0. The average Bonchev–Trinajstić information content (AvgIpc) is 2.42. The van der Waals surface area contributed by atoms with Crippen LogP contribution in [0.3, 0.4) is 0 Å². The molecule has 82 valence electrons. The van der Waals surface area contributed by atoms with Gasteiger partial charge in [-0.1, -0.05) is 23.7 Å². The number of hydrogen-bond acceptors (Lipinski definition) is 3. The first-order valence-electron chi connectivity index (χ1n) is 4.93. The van der Waals surface area contributed by atoms with Gasteiger partial charge >= 0.3 is 0 Å². The van der Waals surface area contributed by atoms with E-state index in [1.807, 2.05) is 6.07 Å². The molecule has 0 saturated heterocycles. The van der Waals surface area contributed by atoms with E-state index in [1.165, 1.54) is 0 Å². The molecule has 0 N–H and O–H groups in total. The Hall–Kier alpha value is -2.18. The molecule has 0 aliphatic heterocycles. The van der Waals surface area contributed by atoms with Crippen molar-refractivity contribution in [1.29, 1.82) is 5.26 Å². The Kier molecular flexibility index (Phi) is 3.49. The van der Waals surface area contributed by atoms with E-state index in [4.69, 9.17) is 11.6 Å². The van der Waals surface area contributed by atoms with E-state index in [9.17, 15) is 5.26 Å². The van der Waals surface area contributed by atoms with E-state index < -0.39 is 0 Å². The van der Waals surface area contributed by atoms with E-state index in [-0.39, 0.29) is 0 Å². The smallest absolute Gasteiger partial charge is 0.101 e. The Morgan fingerprint density at radius 3 is 2.12 bits per heavy atom. The molecule has 0 radical (unpaired) electrons. The van der Waals surface area contributed by atoms with Crippen molar-refractivity contribution in [2.45, 2.75) is 0 Å². The summed E-state index contributed by atoms with van der Waals surface area (Å²) in [7, 11) is 0. The zero-order valence-electron chi connectivity index (χ0n) is 8.84. The average molecular weight is 242 g/mol. The molecule has 2 aromatic heterocycles. The highest BCUT2D eigenvalue weighted by Gasteiger charge is 2.09. The van der Waals surface area contributed by atoms with Gasteiger partial charge in [-0.05, 0) is 12.1 Å². The molecule has 0 bridgehead atoms. The number of hydrogen-bond donors (Lipinski definition) is 0. The van der Waals surface area contributed by atoms with Crippen LogP contribution in [0.1, 0.15) is 11.1 Å². The van der Waals surface area contributed by atoms with Crippen LogP contribution in [0, 0.1) is 11.3 Å². The van der Waals surface area contributed by atoms with Gasteiger partial charge in [0.2, 0.25) is 0 Å². The second kappa shape index (κ2) is 5.24. The van der Waals surface area contributed by atoms with Crippen molar-refractivity contribution in [3.63, 3.8) is 0 Å². The summed E-state index contributed by atoms with van der Waals surface area (Å²) in [6, 6.07) is 9.24. The van der Waals surface area contributed by atoms with Crippen molar-refractivity contribution < 1.29 is 0 Å². The summed E-state index contributed by atoms with van der Waals surface area (Å²) in [5, 5.41) is 9.55. The number of allylic oxidation sites excluding steroid dienone is 1. The van der Waals surface area contributed by atoms with Crippen LogP contribution in [0.25, 0.3) is 10.6 Å². The van der Waals surface area contributed by atoms with Crippen molar-refractivity contribution in [1.82, 2.24) is 9.97 Å². The first-order valence-corrected chi connectivity index (χ1v) is 5.31. The molecular formula is C13H8ClN3. The van der Waals surface area contributed by atoms with Crippen molar-refractivity contribution >= 4 is 22.2 Å². The molecule has 0 amide bonds. The zero-order chi connectivity index (χ0) is 12.1. The third-order valence-electron chi connectivity index (χ3n) is 2.20. The summed E-state index contributed by atoms with van der Waals surface area (Å²) in [4.78, 5) is 7.94. The van der Waals surface area contributed by atoms with Crippen molar-refractivity contribution in [3.8, 4) is 6.07 Å². The van der Waals surface area contributed by atoms with Crippen molar-refractivity contribution in [3.05, 3.63) is 60.2 Å². The van der Waals surface area contributed by atoms with E-state index in [2.05, 4.69) is 16.0 Å². The summed E-state index contributed by atoms with van der Waals surface area (Å²) >= 11 is 6.20. The van der Waals surface area contributed by atoms with Gasteiger partial charge in [0.25, 0.3) is 0 Å². The fraction of sp³-hybridized carbons (Fsp3) is 0. The molecule has 2 aromatic rings. The van der Waals surface area contributed by atoms with Gasteiger partial charge in [0.15, 0.2) is 0 Å². The lowest BCUT2D eigenvalue weighted by atomic mass is 10.1. The molecule has 0 saturated carbocycles. The number of aromatic nitrogens is 2. The summed E-state index contributed by atoms with van der Waals surface area (Å²) in [6.07, 6.45) is 6.54. The van der Waals surface area contributed by atoms with Gasteiger partial charge < -0.3 is 0 Å². The Morgan fingerprint density at radius 1 is 1.06 bits per heavy atom. The van der Waals surface area contributed by atoms with Crippen LogP contribution in [-0.2, 0) is 0 Å². The van der Waals surface area contributed by atoms with Crippen LogP contribution in [-0.4, -0.2) is 9.97 Å². The molecule has 0 aliphatic rings. The lowest BCUT2D eigenvalue weighted by molar-refractivity contribution is 1.30. The molecular weight excluding hydrogens is 234 g/mol. The minimum atomic E-state index is 0.383. The highest BCUT2D eigenvalue weighted by molar-refractivity contribution is 6.53. The molecule has 3 nitrogen and oxygen atoms in total. The van der Waals surface area contributed by atoms with E-state index in [0.29, 0.717) is 16.2 Å². The maximum Gasteiger partial charge on any atom is 0.101 e. The highest BCUT2D eigenvalue weighted by atomic mass is 35.5. The number of nitriles is 1. The normalized spacial score (nSPS) is 11.5. The second-order valence-corrected chi connectivity index (χ2v) is 3.66. The molecule has 17 heavy (non-hydrogen) atoms. The topological polar surface area (TPSA) is 49.6 Å². The van der Waals surface area contributed by atoms with Crippen LogP contribution in [0.2, 0.25) is 0 Å². The van der Waals surface area contributed by atoms with Gasteiger partial charge in [0.05, 0.1) is 10.6 Å². The minimum Gasteiger partial charge on any atom is -0.264 e. The van der Waals surface area contributed by atoms with E-state index in [0.717, 1.165) is 5.56 Å². The van der Waals surface area contributed by atoms with Gasteiger partial charge in [-0.3, -0.25) is 9.97 Å². The Labute approximate surface area is 104 Å².